The highest BCUT2D eigenvalue weighted by atomic mass is 16.3. The predicted molar refractivity (Wildman–Crippen MR) is 53.8 cm³/mol. The molecular weight excluding hydrogens is 180 g/mol. The second-order valence-corrected chi connectivity index (χ2v) is 3.23. The lowest BCUT2D eigenvalue weighted by Gasteiger charge is -2.06. The Kier molecular flexibility index (Phi) is 3.51. The van der Waals surface area contributed by atoms with Gasteiger partial charge in [-0.3, -0.25) is 4.79 Å². The molecule has 0 atom stereocenters. The predicted octanol–water partition coefficient (Wildman–Crippen LogP) is 2.25. The zero-order chi connectivity index (χ0) is 10.6. The molecule has 3 heteroatoms. The monoisotopic (exact) mass is 194 g/mol. The Morgan fingerprint density at radius 3 is 2.57 bits per heavy atom. The van der Waals surface area contributed by atoms with Gasteiger partial charge in [-0.15, -0.1) is 0 Å². The molecule has 0 aliphatic heterocycles. The molecule has 2 N–H and O–H groups in total. The second kappa shape index (κ2) is 4.65. The van der Waals surface area contributed by atoms with E-state index in [1.165, 1.54) is 6.07 Å². The average molecular weight is 194 g/mol. The minimum absolute atomic E-state index is 0.128. The highest BCUT2D eigenvalue weighted by molar-refractivity contribution is 5.81. The molecule has 0 aromatic heterocycles. The fourth-order valence-electron chi connectivity index (χ4n) is 1.30. The summed E-state index contributed by atoms with van der Waals surface area (Å²) in [5.74, 6) is -0.475. The molecule has 0 radical (unpaired) electrons. The van der Waals surface area contributed by atoms with E-state index >= 15 is 0 Å². The fourth-order valence-corrected chi connectivity index (χ4v) is 1.30. The summed E-state index contributed by atoms with van der Waals surface area (Å²) < 4.78 is 0. The zero-order valence-electron chi connectivity index (χ0n) is 8.16. The van der Waals surface area contributed by atoms with Crippen molar-refractivity contribution >= 4 is 6.29 Å². The molecule has 76 valence electrons. The third-order valence-electron chi connectivity index (χ3n) is 2.19. The fraction of sp³-hybridized carbons (Fsp3) is 0.364. The van der Waals surface area contributed by atoms with Gasteiger partial charge in [0.05, 0.1) is 5.56 Å². The Hall–Kier alpha value is -1.51. The molecule has 0 unspecified atom stereocenters. The molecule has 0 heterocycles. The first-order valence-electron chi connectivity index (χ1n) is 4.69. The van der Waals surface area contributed by atoms with E-state index in [9.17, 15) is 15.0 Å². The molecule has 0 saturated heterocycles. The van der Waals surface area contributed by atoms with Gasteiger partial charge in [-0.1, -0.05) is 19.4 Å². The SMILES string of the molecule is CCCCc1ccc(C=O)c(O)c1O. The van der Waals surface area contributed by atoms with Crippen LogP contribution in [0.25, 0.3) is 0 Å². The first-order valence-corrected chi connectivity index (χ1v) is 4.69. The highest BCUT2D eigenvalue weighted by Gasteiger charge is 2.10. The smallest absolute Gasteiger partial charge is 0.168 e. The van der Waals surface area contributed by atoms with Crippen molar-refractivity contribution in [1.82, 2.24) is 0 Å². The van der Waals surface area contributed by atoms with Crippen LogP contribution in [0.2, 0.25) is 0 Å². The van der Waals surface area contributed by atoms with Crippen LogP contribution in [-0.2, 0) is 6.42 Å². The first-order chi connectivity index (χ1) is 6.70. The van der Waals surface area contributed by atoms with Crippen LogP contribution in [0.3, 0.4) is 0 Å². The van der Waals surface area contributed by atoms with Crippen molar-refractivity contribution < 1.29 is 15.0 Å². The van der Waals surface area contributed by atoms with E-state index in [1.54, 1.807) is 6.07 Å². The summed E-state index contributed by atoms with van der Waals surface area (Å²) in [6, 6.07) is 3.20. The van der Waals surface area contributed by atoms with Crippen LogP contribution in [0, 0.1) is 0 Å². The van der Waals surface area contributed by atoms with Gasteiger partial charge in [0.1, 0.15) is 0 Å². The number of aldehydes is 1. The van der Waals surface area contributed by atoms with Gasteiger partial charge >= 0.3 is 0 Å². The summed E-state index contributed by atoms with van der Waals surface area (Å²) in [6.45, 7) is 2.05. The first kappa shape index (κ1) is 10.6. The summed E-state index contributed by atoms with van der Waals surface area (Å²) >= 11 is 0. The molecule has 1 aromatic carbocycles. The van der Waals surface area contributed by atoms with Gasteiger partial charge in [-0.2, -0.15) is 0 Å². The van der Waals surface area contributed by atoms with Gasteiger partial charge in [-0.05, 0) is 24.5 Å². The van der Waals surface area contributed by atoms with Crippen molar-refractivity contribution in [2.24, 2.45) is 0 Å². The van der Waals surface area contributed by atoms with Crippen molar-refractivity contribution in [2.75, 3.05) is 0 Å². The number of phenols is 2. The van der Waals surface area contributed by atoms with Crippen molar-refractivity contribution in [3.63, 3.8) is 0 Å². The Labute approximate surface area is 83.0 Å². The normalized spacial score (nSPS) is 10.1. The molecule has 0 aliphatic carbocycles. The van der Waals surface area contributed by atoms with Crippen molar-refractivity contribution in [1.29, 1.82) is 0 Å². The molecule has 0 saturated carbocycles. The highest BCUT2D eigenvalue weighted by Crippen LogP contribution is 2.32. The number of carbonyl (C=O) groups excluding carboxylic acids is 1. The lowest BCUT2D eigenvalue weighted by molar-refractivity contribution is 0.112. The summed E-state index contributed by atoms with van der Waals surface area (Å²) in [5.41, 5.74) is 0.817. The van der Waals surface area contributed by atoms with Gasteiger partial charge in [-0.25, -0.2) is 0 Å². The van der Waals surface area contributed by atoms with Crippen LogP contribution in [0.5, 0.6) is 11.5 Å². The van der Waals surface area contributed by atoms with Gasteiger partial charge in [0.15, 0.2) is 17.8 Å². The summed E-state index contributed by atoms with van der Waals surface area (Å²) in [4.78, 5) is 10.4. The van der Waals surface area contributed by atoms with E-state index in [4.69, 9.17) is 0 Å². The molecule has 1 rings (SSSR count). The number of rotatable bonds is 4. The van der Waals surface area contributed by atoms with E-state index in [-0.39, 0.29) is 17.1 Å². The maximum atomic E-state index is 10.4. The van der Waals surface area contributed by atoms with Crippen molar-refractivity contribution in [3.05, 3.63) is 23.3 Å². The molecule has 0 bridgehead atoms. The van der Waals surface area contributed by atoms with Gasteiger partial charge < -0.3 is 10.2 Å². The number of hydrogen-bond acceptors (Lipinski definition) is 3. The van der Waals surface area contributed by atoms with E-state index in [0.717, 1.165) is 19.3 Å². The van der Waals surface area contributed by atoms with E-state index in [2.05, 4.69) is 6.92 Å². The standard InChI is InChI=1S/C11H14O3/c1-2-3-4-8-5-6-9(7-12)11(14)10(8)13/h5-7,13-14H,2-4H2,1H3. The number of carbonyl (C=O) groups is 1. The molecule has 0 aliphatic rings. The molecule has 14 heavy (non-hydrogen) atoms. The zero-order valence-corrected chi connectivity index (χ0v) is 8.16. The maximum Gasteiger partial charge on any atom is 0.168 e. The summed E-state index contributed by atoms with van der Waals surface area (Å²) in [6.07, 6.45) is 3.22. The Balaban J connectivity index is 2.98. The quantitative estimate of drug-likeness (QED) is 0.571. The van der Waals surface area contributed by atoms with Crippen LogP contribution in [0.4, 0.5) is 0 Å². The molecule has 0 spiro atoms. The van der Waals surface area contributed by atoms with E-state index in [1.807, 2.05) is 0 Å². The van der Waals surface area contributed by atoms with Crippen molar-refractivity contribution in [3.8, 4) is 11.5 Å². The number of unbranched alkanes of at least 4 members (excludes halogenated alkanes) is 1. The van der Waals surface area contributed by atoms with Crippen LogP contribution in [0.15, 0.2) is 12.1 Å². The number of benzene rings is 1. The van der Waals surface area contributed by atoms with Crippen LogP contribution in [-0.4, -0.2) is 16.5 Å². The molecule has 1 aromatic rings. The van der Waals surface area contributed by atoms with Gasteiger partial charge in [0, 0.05) is 0 Å². The molecular formula is C11H14O3. The minimum Gasteiger partial charge on any atom is -0.504 e. The third-order valence-corrected chi connectivity index (χ3v) is 2.19. The van der Waals surface area contributed by atoms with Crippen molar-refractivity contribution in [2.45, 2.75) is 26.2 Å². The summed E-state index contributed by atoms with van der Waals surface area (Å²) in [7, 11) is 0. The largest absolute Gasteiger partial charge is 0.504 e. The van der Waals surface area contributed by atoms with Crippen LogP contribution < -0.4 is 0 Å². The number of aryl methyl sites for hydroxylation is 1. The average Bonchev–Trinajstić information content (AvgIpc) is 2.20. The Bertz CT molecular complexity index is 332. The lowest BCUT2D eigenvalue weighted by Crippen LogP contribution is -1.89. The number of aromatic hydroxyl groups is 2. The molecule has 0 fully saturated rings. The maximum absolute atomic E-state index is 10.4. The summed E-state index contributed by atoms with van der Waals surface area (Å²) in [5, 5.41) is 18.9. The van der Waals surface area contributed by atoms with E-state index < -0.39 is 0 Å². The topological polar surface area (TPSA) is 57.5 Å². The Morgan fingerprint density at radius 2 is 2.00 bits per heavy atom. The molecule has 3 nitrogen and oxygen atoms in total. The minimum atomic E-state index is -0.311. The third kappa shape index (κ3) is 2.05. The van der Waals surface area contributed by atoms with Gasteiger partial charge in [0.25, 0.3) is 0 Å². The van der Waals surface area contributed by atoms with E-state index in [0.29, 0.717) is 11.8 Å². The van der Waals surface area contributed by atoms with Crippen LogP contribution in [0.1, 0.15) is 35.7 Å². The number of hydrogen-bond donors (Lipinski definition) is 2. The lowest BCUT2D eigenvalue weighted by atomic mass is 10.0. The van der Waals surface area contributed by atoms with Crippen LogP contribution >= 0.6 is 0 Å². The number of phenolic OH excluding ortho intramolecular Hbond substituents is 2. The van der Waals surface area contributed by atoms with Gasteiger partial charge in [0.2, 0.25) is 0 Å². The Morgan fingerprint density at radius 1 is 1.29 bits per heavy atom. The second-order valence-electron chi connectivity index (χ2n) is 3.23. The molecule has 0 amide bonds.